The number of aromatic nitrogens is 1. The highest BCUT2D eigenvalue weighted by Gasteiger charge is 2.44. The van der Waals surface area contributed by atoms with Gasteiger partial charge < -0.3 is 40.0 Å². The summed E-state index contributed by atoms with van der Waals surface area (Å²) >= 11 is 0. The van der Waals surface area contributed by atoms with E-state index < -0.39 is 30.3 Å². The standard InChI is InChI=1S/C28H33NO7/c1-35-28-20(10-15-8-9-29-13-15)25(21(14-30)26(33)27(28)34)24-12-22(32)19-7-4-17(11-23(19)36-24)16-2-5-18(31)6-3-16/h2-3,5-6,8-9,13,17,19,22-24,29-34H,4,7,10-12,14H2,1H3. The number of hydrogen-bond acceptors (Lipinski definition) is 7. The Kier molecular flexibility index (Phi) is 6.83. The Bertz CT molecular complexity index is 1190. The highest BCUT2D eigenvalue weighted by Crippen LogP contribution is 2.52. The van der Waals surface area contributed by atoms with Crippen LogP contribution in [0.15, 0.2) is 42.7 Å². The fourth-order valence-corrected chi connectivity index (χ4v) is 6.09. The second-order valence-corrected chi connectivity index (χ2v) is 9.89. The molecule has 36 heavy (non-hydrogen) atoms. The van der Waals surface area contributed by atoms with Crippen molar-refractivity contribution in [3.63, 3.8) is 0 Å². The molecule has 0 bridgehead atoms. The van der Waals surface area contributed by atoms with Gasteiger partial charge in [0.05, 0.1) is 32.0 Å². The van der Waals surface area contributed by atoms with Gasteiger partial charge in [-0.3, -0.25) is 0 Å². The zero-order chi connectivity index (χ0) is 25.4. The molecule has 8 nitrogen and oxygen atoms in total. The van der Waals surface area contributed by atoms with E-state index in [1.54, 1.807) is 18.3 Å². The van der Waals surface area contributed by atoms with Crippen molar-refractivity contribution in [2.24, 2.45) is 5.92 Å². The van der Waals surface area contributed by atoms with Gasteiger partial charge in [-0.15, -0.1) is 0 Å². The van der Waals surface area contributed by atoms with Crippen molar-refractivity contribution in [2.75, 3.05) is 7.11 Å². The number of aliphatic hydroxyl groups is 2. The predicted molar refractivity (Wildman–Crippen MR) is 132 cm³/mol. The van der Waals surface area contributed by atoms with Crippen LogP contribution in [0.5, 0.6) is 23.0 Å². The number of H-pyrrole nitrogens is 1. The number of benzene rings is 2. The van der Waals surface area contributed by atoms with Gasteiger partial charge in [0.2, 0.25) is 5.75 Å². The summed E-state index contributed by atoms with van der Waals surface area (Å²) in [4.78, 5) is 3.02. The molecule has 1 aromatic heterocycles. The number of fused-ring (bicyclic) bond motifs is 1. The highest BCUT2D eigenvalue weighted by molar-refractivity contribution is 5.64. The topological polar surface area (TPSA) is 135 Å². The van der Waals surface area contributed by atoms with Crippen LogP contribution in [0, 0.1) is 5.92 Å². The van der Waals surface area contributed by atoms with E-state index in [-0.39, 0.29) is 35.0 Å². The van der Waals surface area contributed by atoms with Crippen molar-refractivity contribution >= 4 is 0 Å². The lowest BCUT2D eigenvalue weighted by Crippen LogP contribution is -2.44. The molecule has 5 unspecified atom stereocenters. The van der Waals surface area contributed by atoms with Gasteiger partial charge >= 0.3 is 0 Å². The Balaban J connectivity index is 1.52. The first kappa shape index (κ1) is 24.5. The first-order valence-corrected chi connectivity index (χ1v) is 12.4. The summed E-state index contributed by atoms with van der Waals surface area (Å²) in [6.07, 6.45) is 5.34. The Morgan fingerprint density at radius 3 is 2.44 bits per heavy atom. The molecule has 5 atom stereocenters. The Morgan fingerprint density at radius 1 is 1.00 bits per heavy atom. The maximum Gasteiger partial charge on any atom is 0.201 e. The molecule has 1 aliphatic heterocycles. The van der Waals surface area contributed by atoms with Crippen molar-refractivity contribution in [3.05, 3.63) is 70.5 Å². The van der Waals surface area contributed by atoms with Crippen LogP contribution in [0.25, 0.3) is 0 Å². The SMILES string of the molecule is COc1c(O)c(O)c(CO)c(C2CC(O)C3CCC(c4ccc(O)cc4)CC3O2)c1Cc1cc[nH]c1. The number of hydrogen-bond donors (Lipinski definition) is 6. The third-order valence-electron chi connectivity index (χ3n) is 7.87. The first-order chi connectivity index (χ1) is 17.4. The van der Waals surface area contributed by atoms with Crippen LogP contribution in [0.2, 0.25) is 0 Å². The average molecular weight is 496 g/mol. The number of ether oxygens (including phenoxy) is 2. The number of aliphatic hydroxyl groups excluding tert-OH is 2. The lowest BCUT2D eigenvalue weighted by Gasteiger charge is -2.45. The molecule has 3 aromatic rings. The number of methoxy groups -OCH3 is 1. The molecule has 2 heterocycles. The summed E-state index contributed by atoms with van der Waals surface area (Å²) in [6.45, 7) is -0.501. The quantitative estimate of drug-likeness (QED) is 0.285. The molecular weight excluding hydrogens is 462 g/mol. The van der Waals surface area contributed by atoms with Crippen molar-refractivity contribution in [3.8, 4) is 23.0 Å². The monoisotopic (exact) mass is 495 g/mol. The van der Waals surface area contributed by atoms with Crippen LogP contribution in [0.3, 0.4) is 0 Å². The van der Waals surface area contributed by atoms with Gasteiger partial charge in [0.25, 0.3) is 0 Å². The maximum atomic E-state index is 11.2. The summed E-state index contributed by atoms with van der Waals surface area (Å²) in [5, 5.41) is 52.5. The Morgan fingerprint density at radius 2 is 1.78 bits per heavy atom. The molecule has 1 saturated carbocycles. The Labute approximate surface area is 209 Å². The van der Waals surface area contributed by atoms with Gasteiger partial charge in [-0.2, -0.15) is 0 Å². The summed E-state index contributed by atoms with van der Waals surface area (Å²) in [5.74, 6) is -0.274. The molecule has 8 heteroatoms. The van der Waals surface area contributed by atoms with E-state index in [1.807, 2.05) is 24.4 Å². The lowest BCUT2D eigenvalue weighted by molar-refractivity contribution is -0.154. The maximum absolute atomic E-state index is 11.2. The average Bonchev–Trinajstić information content (AvgIpc) is 3.39. The van der Waals surface area contributed by atoms with Gasteiger partial charge in [-0.25, -0.2) is 0 Å². The number of aromatic hydroxyl groups is 3. The molecule has 0 spiro atoms. The first-order valence-electron chi connectivity index (χ1n) is 12.4. The van der Waals surface area contributed by atoms with Crippen LogP contribution in [-0.4, -0.2) is 49.8 Å². The van der Waals surface area contributed by atoms with E-state index in [9.17, 15) is 25.5 Å². The molecule has 2 fully saturated rings. The number of nitrogens with one attached hydrogen (secondary N) is 1. The molecule has 2 aliphatic rings. The van der Waals surface area contributed by atoms with Crippen molar-refractivity contribution in [2.45, 2.75) is 62.9 Å². The molecule has 0 radical (unpaired) electrons. The minimum atomic E-state index is -0.608. The fourth-order valence-electron chi connectivity index (χ4n) is 6.09. The van der Waals surface area contributed by atoms with Crippen LogP contribution in [0.4, 0.5) is 0 Å². The normalized spacial score (nSPS) is 25.9. The molecule has 2 aromatic carbocycles. The molecule has 1 saturated heterocycles. The second-order valence-electron chi connectivity index (χ2n) is 9.89. The molecule has 0 amide bonds. The number of aromatic amines is 1. The summed E-state index contributed by atoms with van der Waals surface area (Å²) in [5.41, 5.74) is 3.40. The molecule has 6 N–H and O–H groups in total. The van der Waals surface area contributed by atoms with E-state index in [1.165, 1.54) is 7.11 Å². The second kappa shape index (κ2) is 10.0. The van der Waals surface area contributed by atoms with E-state index in [0.717, 1.165) is 24.0 Å². The van der Waals surface area contributed by atoms with Crippen molar-refractivity contribution in [1.29, 1.82) is 0 Å². The van der Waals surface area contributed by atoms with Crippen molar-refractivity contribution in [1.82, 2.24) is 4.98 Å². The number of phenols is 3. The molecule has 5 rings (SSSR count). The summed E-state index contributed by atoms with van der Waals surface area (Å²) in [6, 6.07) is 9.14. The molecule has 1 aliphatic carbocycles. The molecule has 192 valence electrons. The minimum Gasteiger partial charge on any atom is -0.508 e. The fraction of sp³-hybridized carbons (Fsp3) is 0.429. The number of phenolic OH excluding ortho intramolecular Hbond substituents is 2. The zero-order valence-electron chi connectivity index (χ0n) is 20.2. The Hall–Kier alpha value is -3.20. The van der Waals surface area contributed by atoms with Gasteiger partial charge in [0, 0.05) is 42.3 Å². The van der Waals surface area contributed by atoms with Crippen LogP contribution >= 0.6 is 0 Å². The van der Waals surface area contributed by atoms with Crippen LogP contribution in [0.1, 0.15) is 65.5 Å². The zero-order valence-corrected chi connectivity index (χ0v) is 20.2. The van der Waals surface area contributed by atoms with E-state index >= 15 is 0 Å². The van der Waals surface area contributed by atoms with E-state index in [2.05, 4.69) is 4.98 Å². The van der Waals surface area contributed by atoms with E-state index in [4.69, 9.17) is 9.47 Å². The minimum absolute atomic E-state index is 0.00655. The summed E-state index contributed by atoms with van der Waals surface area (Å²) < 4.78 is 12.2. The number of rotatable bonds is 6. The summed E-state index contributed by atoms with van der Waals surface area (Å²) in [7, 11) is 1.42. The lowest BCUT2D eigenvalue weighted by atomic mass is 9.71. The largest absolute Gasteiger partial charge is 0.508 e. The van der Waals surface area contributed by atoms with Gasteiger partial charge in [0.15, 0.2) is 11.5 Å². The van der Waals surface area contributed by atoms with E-state index in [0.29, 0.717) is 30.4 Å². The third-order valence-corrected chi connectivity index (χ3v) is 7.87. The third kappa shape index (κ3) is 4.40. The van der Waals surface area contributed by atoms with Gasteiger partial charge in [-0.05, 0) is 60.1 Å². The van der Waals surface area contributed by atoms with Crippen LogP contribution in [-0.2, 0) is 17.8 Å². The highest BCUT2D eigenvalue weighted by atomic mass is 16.5. The van der Waals surface area contributed by atoms with Gasteiger partial charge in [-0.1, -0.05) is 12.1 Å². The molecular formula is C28H33NO7. The van der Waals surface area contributed by atoms with Crippen molar-refractivity contribution < 1.29 is 35.0 Å². The van der Waals surface area contributed by atoms with Crippen LogP contribution < -0.4 is 4.74 Å². The smallest absolute Gasteiger partial charge is 0.201 e. The predicted octanol–water partition coefficient (Wildman–Crippen LogP) is 4.00. The van der Waals surface area contributed by atoms with Gasteiger partial charge in [0.1, 0.15) is 5.75 Å².